The van der Waals surface area contributed by atoms with Crippen LogP contribution < -0.4 is 9.64 Å². The van der Waals surface area contributed by atoms with Crippen molar-refractivity contribution in [1.29, 1.82) is 0 Å². The number of amides is 1. The molecule has 0 unspecified atom stereocenters. The van der Waals surface area contributed by atoms with E-state index in [1.807, 2.05) is 18.2 Å². The van der Waals surface area contributed by atoms with E-state index in [9.17, 15) is 14.9 Å². The zero-order valence-electron chi connectivity index (χ0n) is 18.9. The van der Waals surface area contributed by atoms with E-state index in [0.29, 0.717) is 17.2 Å². The number of hydrogen-bond donors (Lipinski definition) is 0. The van der Waals surface area contributed by atoms with E-state index in [1.54, 1.807) is 30.2 Å². The number of carbonyl (C=O) groups is 1. The molecule has 3 aromatic rings. The van der Waals surface area contributed by atoms with Gasteiger partial charge in [0.15, 0.2) is 5.13 Å². The molecule has 1 aliphatic rings. The van der Waals surface area contributed by atoms with Crippen molar-refractivity contribution in [2.45, 2.75) is 6.42 Å². The lowest BCUT2D eigenvalue weighted by Gasteiger charge is -2.27. The number of morpholine rings is 1. The van der Waals surface area contributed by atoms with Gasteiger partial charge in [-0.05, 0) is 48.4 Å². The second kappa shape index (κ2) is 11.2. The summed E-state index contributed by atoms with van der Waals surface area (Å²) in [6, 6.07) is 11.7. The van der Waals surface area contributed by atoms with Gasteiger partial charge in [0.2, 0.25) is 0 Å². The van der Waals surface area contributed by atoms with Crippen molar-refractivity contribution in [3.63, 3.8) is 0 Å². The zero-order valence-corrected chi connectivity index (χ0v) is 19.7. The highest BCUT2D eigenvalue weighted by Crippen LogP contribution is 2.32. The molecule has 10 heteroatoms. The van der Waals surface area contributed by atoms with Crippen LogP contribution in [0.2, 0.25) is 0 Å². The summed E-state index contributed by atoms with van der Waals surface area (Å²) in [6.45, 7) is 4.67. The number of nitrogens with zero attached hydrogens (tertiary/aromatic N) is 4. The number of non-ortho nitro benzene ring substituents is 1. The summed E-state index contributed by atoms with van der Waals surface area (Å²) in [5, 5.41) is 11.5. The van der Waals surface area contributed by atoms with Crippen LogP contribution in [-0.2, 0) is 9.53 Å². The van der Waals surface area contributed by atoms with Gasteiger partial charge in [-0.25, -0.2) is 4.98 Å². The first-order valence-electron chi connectivity index (χ1n) is 11.0. The van der Waals surface area contributed by atoms with E-state index in [4.69, 9.17) is 9.47 Å². The minimum absolute atomic E-state index is 0.0121. The summed E-state index contributed by atoms with van der Waals surface area (Å²) < 4.78 is 11.7. The summed E-state index contributed by atoms with van der Waals surface area (Å²) in [4.78, 5) is 32.3. The Balaban J connectivity index is 1.52. The molecule has 2 heterocycles. The summed E-state index contributed by atoms with van der Waals surface area (Å²) in [5.41, 5.74) is 1.53. The lowest BCUT2D eigenvalue weighted by Crippen LogP contribution is -2.39. The second-order valence-electron chi connectivity index (χ2n) is 7.81. The lowest BCUT2D eigenvalue weighted by atomic mass is 10.2. The van der Waals surface area contributed by atoms with Crippen molar-refractivity contribution in [1.82, 2.24) is 9.88 Å². The van der Waals surface area contributed by atoms with E-state index in [2.05, 4.69) is 9.88 Å². The fourth-order valence-electron chi connectivity index (χ4n) is 3.68. The third kappa shape index (κ3) is 5.96. The van der Waals surface area contributed by atoms with E-state index < -0.39 is 4.92 Å². The van der Waals surface area contributed by atoms with E-state index in [-0.39, 0.29) is 11.6 Å². The van der Waals surface area contributed by atoms with Crippen molar-refractivity contribution in [2.75, 3.05) is 51.4 Å². The smallest absolute Gasteiger partial charge is 0.269 e. The van der Waals surface area contributed by atoms with Crippen LogP contribution in [0, 0.1) is 10.1 Å². The predicted octanol–water partition coefficient (Wildman–Crippen LogP) is 3.98. The minimum atomic E-state index is -0.447. The van der Waals surface area contributed by atoms with Gasteiger partial charge in [0.1, 0.15) is 5.75 Å². The molecule has 0 atom stereocenters. The molecule has 2 aromatic carbocycles. The van der Waals surface area contributed by atoms with Gasteiger partial charge in [-0.2, -0.15) is 0 Å². The molecule has 0 spiro atoms. The molecule has 0 saturated carbocycles. The van der Waals surface area contributed by atoms with Gasteiger partial charge >= 0.3 is 0 Å². The Bertz CT molecular complexity index is 1170. The molecule has 1 fully saturated rings. The summed E-state index contributed by atoms with van der Waals surface area (Å²) in [5.74, 6) is 0.553. The van der Waals surface area contributed by atoms with Gasteiger partial charge in [-0.15, -0.1) is 0 Å². The molecular formula is C24H26N4O5S. The number of thiazole rings is 1. The Morgan fingerprint density at radius 2 is 2.03 bits per heavy atom. The van der Waals surface area contributed by atoms with Crippen molar-refractivity contribution in [2.24, 2.45) is 0 Å². The van der Waals surface area contributed by atoms with Crippen molar-refractivity contribution >= 4 is 44.4 Å². The molecule has 1 aliphatic heterocycles. The number of nitro benzene ring substituents is 1. The average molecular weight is 483 g/mol. The number of fused-ring (bicyclic) bond motifs is 1. The zero-order chi connectivity index (χ0) is 23.9. The molecule has 1 amide bonds. The number of nitro groups is 1. The molecule has 0 aliphatic carbocycles. The highest BCUT2D eigenvalue weighted by atomic mass is 32.1. The predicted molar refractivity (Wildman–Crippen MR) is 133 cm³/mol. The third-order valence-electron chi connectivity index (χ3n) is 5.56. The summed E-state index contributed by atoms with van der Waals surface area (Å²) in [6.07, 6.45) is 3.95. The monoisotopic (exact) mass is 482 g/mol. The highest BCUT2D eigenvalue weighted by molar-refractivity contribution is 7.22. The van der Waals surface area contributed by atoms with Crippen LogP contribution in [0.5, 0.6) is 5.75 Å². The van der Waals surface area contributed by atoms with Gasteiger partial charge in [-0.3, -0.25) is 24.7 Å². The number of hydrogen-bond acceptors (Lipinski definition) is 8. The number of ether oxygens (including phenoxy) is 2. The Labute approximate surface area is 201 Å². The van der Waals surface area contributed by atoms with Crippen LogP contribution in [0.1, 0.15) is 12.0 Å². The second-order valence-corrected chi connectivity index (χ2v) is 8.82. The van der Waals surface area contributed by atoms with E-state index in [1.165, 1.54) is 29.5 Å². The Kier molecular flexibility index (Phi) is 7.84. The van der Waals surface area contributed by atoms with E-state index in [0.717, 1.165) is 55.2 Å². The van der Waals surface area contributed by atoms with Gasteiger partial charge in [0.25, 0.3) is 11.6 Å². The molecule has 0 bridgehead atoms. The fraction of sp³-hybridized carbons (Fsp3) is 0.333. The number of methoxy groups -OCH3 is 1. The van der Waals surface area contributed by atoms with Crippen LogP contribution >= 0.6 is 11.3 Å². The van der Waals surface area contributed by atoms with Crippen LogP contribution in [0.3, 0.4) is 0 Å². The Morgan fingerprint density at radius 3 is 2.74 bits per heavy atom. The fourth-order valence-corrected chi connectivity index (χ4v) is 4.70. The maximum absolute atomic E-state index is 13.2. The normalized spacial score (nSPS) is 14.5. The van der Waals surface area contributed by atoms with Gasteiger partial charge in [-0.1, -0.05) is 11.3 Å². The SMILES string of the molecule is COc1ccc2nc(N(CCCN3CCOCC3)C(=O)/C=C/c3ccc([N+](=O)[O-])cc3)sc2c1. The van der Waals surface area contributed by atoms with Crippen molar-refractivity contribution < 1.29 is 19.2 Å². The van der Waals surface area contributed by atoms with Gasteiger partial charge in [0, 0.05) is 44.4 Å². The van der Waals surface area contributed by atoms with Crippen molar-refractivity contribution in [3.8, 4) is 5.75 Å². The molecule has 178 valence electrons. The van der Waals surface area contributed by atoms with E-state index >= 15 is 0 Å². The van der Waals surface area contributed by atoms with Crippen LogP contribution in [0.25, 0.3) is 16.3 Å². The number of aromatic nitrogens is 1. The maximum Gasteiger partial charge on any atom is 0.269 e. The molecule has 0 radical (unpaired) electrons. The number of anilines is 1. The summed E-state index contributed by atoms with van der Waals surface area (Å²) >= 11 is 1.45. The van der Waals surface area contributed by atoms with Crippen LogP contribution in [-0.4, -0.2) is 67.2 Å². The molecule has 4 rings (SSSR count). The number of carbonyl (C=O) groups excluding carboxylic acids is 1. The van der Waals surface area contributed by atoms with Crippen LogP contribution in [0.4, 0.5) is 10.8 Å². The summed E-state index contributed by atoms with van der Waals surface area (Å²) in [7, 11) is 1.62. The first-order valence-corrected chi connectivity index (χ1v) is 11.8. The molecule has 0 N–H and O–H groups in total. The number of rotatable bonds is 9. The molecule has 9 nitrogen and oxygen atoms in total. The Morgan fingerprint density at radius 1 is 1.26 bits per heavy atom. The maximum atomic E-state index is 13.2. The third-order valence-corrected chi connectivity index (χ3v) is 6.60. The van der Waals surface area contributed by atoms with Crippen molar-refractivity contribution in [3.05, 3.63) is 64.2 Å². The average Bonchev–Trinajstić information content (AvgIpc) is 3.29. The molecule has 1 aromatic heterocycles. The lowest BCUT2D eigenvalue weighted by molar-refractivity contribution is -0.384. The molecular weight excluding hydrogens is 456 g/mol. The highest BCUT2D eigenvalue weighted by Gasteiger charge is 2.19. The number of benzene rings is 2. The van der Waals surface area contributed by atoms with Gasteiger partial charge in [0.05, 0.1) is 35.5 Å². The van der Waals surface area contributed by atoms with Gasteiger partial charge < -0.3 is 9.47 Å². The minimum Gasteiger partial charge on any atom is -0.497 e. The van der Waals surface area contributed by atoms with Crippen LogP contribution in [0.15, 0.2) is 48.5 Å². The first kappa shape index (κ1) is 23.8. The quantitative estimate of drug-likeness (QED) is 0.258. The first-order chi connectivity index (χ1) is 16.5. The molecule has 1 saturated heterocycles. The Hall–Kier alpha value is -3.34. The largest absolute Gasteiger partial charge is 0.497 e. The topological polar surface area (TPSA) is 98.0 Å². The standard InChI is InChI=1S/C24H26N4O5S/c1-32-20-8-9-21-22(17-20)34-24(25-21)27(12-2-11-26-13-15-33-16-14-26)23(29)10-5-18-3-6-19(7-4-18)28(30)31/h3-10,17H,2,11-16H2,1H3/b10-5+. The molecule has 34 heavy (non-hydrogen) atoms.